The Morgan fingerprint density at radius 3 is 2.16 bits per heavy atom. The van der Waals surface area contributed by atoms with Gasteiger partial charge >= 0.3 is 0 Å². The van der Waals surface area contributed by atoms with Gasteiger partial charge < -0.3 is 15.1 Å². The van der Waals surface area contributed by atoms with Crippen LogP contribution in [0.25, 0.3) is 0 Å². The third kappa shape index (κ3) is 5.42. The van der Waals surface area contributed by atoms with E-state index < -0.39 is 0 Å². The van der Waals surface area contributed by atoms with E-state index in [1.807, 2.05) is 23.6 Å². The molecule has 1 aliphatic rings. The highest BCUT2D eigenvalue weighted by Gasteiger charge is 2.23. The van der Waals surface area contributed by atoms with Gasteiger partial charge in [-0.05, 0) is 5.92 Å². The SMILES string of the molecule is C=CCNCC(=O)N1CCN(C(=O)CC(C)C)CC1. The van der Waals surface area contributed by atoms with Crippen molar-refractivity contribution in [3.8, 4) is 0 Å². The largest absolute Gasteiger partial charge is 0.339 e. The van der Waals surface area contributed by atoms with E-state index in [0.29, 0.717) is 51.6 Å². The van der Waals surface area contributed by atoms with Gasteiger partial charge in [0.05, 0.1) is 6.54 Å². The Labute approximate surface area is 115 Å². The van der Waals surface area contributed by atoms with Crippen LogP contribution in [0.15, 0.2) is 12.7 Å². The molecule has 108 valence electrons. The molecule has 0 atom stereocenters. The Morgan fingerprint density at radius 1 is 1.16 bits per heavy atom. The topological polar surface area (TPSA) is 52.7 Å². The monoisotopic (exact) mass is 267 g/mol. The first kappa shape index (κ1) is 15.7. The highest BCUT2D eigenvalue weighted by atomic mass is 16.2. The summed E-state index contributed by atoms with van der Waals surface area (Å²) in [5.74, 6) is 0.681. The van der Waals surface area contributed by atoms with Crippen molar-refractivity contribution in [1.82, 2.24) is 15.1 Å². The Morgan fingerprint density at radius 2 is 1.68 bits per heavy atom. The van der Waals surface area contributed by atoms with Crippen LogP contribution in [0.5, 0.6) is 0 Å². The second-order valence-corrected chi connectivity index (χ2v) is 5.28. The number of hydrogen-bond acceptors (Lipinski definition) is 3. The molecule has 19 heavy (non-hydrogen) atoms. The van der Waals surface area contributed by atoms with E-state index in [1.54, 1.807) is 6.08 Å². The molecule has 1 aliphatic heterocycles. The van der Waals surface area contributed by atoms with Gasteiger partial charge in [0.15, 0.2) is 0 Å². The maximum absolute atomic E-state index is 11.9. The average Bonchev–Trinajstić information content (AvgIpc) is 2.38. The van der Waals surface area contributed by atoms with Crippen molar-refractivity contribution in [2.75, 3.05) is 39.3 Å². The molecule has 0 aromatic carbocycles. The first-order valence-electron chi connectivity index (χ1n) is 6.91. The molecule has 0 bridgehead atoms. The summed E-state index contributed by atoms with van der Waals surface area (Å²) in [5, 5.41) is 3.00. The molecule has 2 amide bonds. The van der Waals surface area contributed by atoms with Crippen molar-refractivity contribution in [3.05, 3.63) is 12.7 Å². The van der Waals surface area contributed by atoms with Gasteiger partial charge in [0.2, 0.25) is 11.8 Å². The van der Waals surface area contributed by atoms with Crippen LogP contribution in [-0.4, -0.2) is 60.9 Å². The quantitative estimate of drug-likeness (QED) is 0.562. The van der Waals surface area contributed by atoms with Gasteiger partial charge in [-0.15, -0.1) is 6.58 Å². The number of piperazine rings is 1. The van der Waals surface area contributed by atoms with E-state index in [4.69, 9.17) is 0 Å². The Balaban J connectivity index is 2.30. The average molecular weight is 267 g/mol. The van der Waals surface area contributed by atoms with Crippen LogP contribution in [0.4, 0.5) is 0 Å². The number of rotatable bonds is 6. The number of carbonyl (C=O) groups excluding carboxylic acids is 2. The highest BCUT2D eigenvalue weighted by Crippen LogP contribution is 2.08. The van der Waals surface area contributed by atoms with Crippen molar-refractivity contribution in [3.63, 3.8) is 0 Å². The van der Waals surface area contributed by atoms with E-state index in [9.17, 15) is 9.59 Å². The molecule has 1 rings (SSSR count). The predicted octanol–water partition coefficient (Wildman–Crippen LogP) is 0.479. The lowest BCUT2D eigenvalue weighted by atomic mass is 10.1. The minimum absolute atomic E-state index is 0.0952. The number of nitrogens with zero attached hydrogens (tertiary/aromatic N) is 2. The van der Waals surface area contributed by atoms with Gasteiger partial charge in [-0.2, -0.15) is 0 Å². The summed E-state index contributed by atoms with van der Waals surface area (Å²) in [6.07, 6.45) is 2.32. The maximum atomic E-state index is 11.9. The van der Waals surface area contributed by atoms with Gasteiger partial charge in [-0.1, -0.05) is 19.9 Å². The third-order valence-electron chi connectivity index (χ3n) is 3.13. The van der Waals surface area contributed by atoms with Gasteiger partial charge in [0.1, 0.15) is 0 Å². The van der Waals surface area contributed by atoms with E-state index in [1.165, 1.54) is 0 Å². The van der Waals surface area contributed by atoms with Crippen molar-refractivity contribution in [2.24, 2.45) is 5.92 Å². The summed E-state index contributed by atoms with van der Waals surface area (Å²) < 4.78 is 0. The molecule has 1 saturated heterocycles. The zero-order valence-corrected chi connectivity index (χ0v) is 12.0. The van der Waals surface area contributed by atoms with E-state index in [-0.39, 0.29) is 11.8 Å². The van der Waals surface area contributed by atoms with Gasteiger partial charge in [0, 0.05) is 39.1 Å². The van der Waals surface area contributed by atoms with Crippen LogP contribution >= 0.6 is 0 Å². The van der Waals surface area contributed by atoms with Crippen LogP contribution < -0.4 is 5.32 Å². The van der Waals surface area contributed by atoms with Crippen LogP contribution in [0, 0.1) is 5.92 Å². The van der Waals surface area contributed by atoms with Crippen molar-refractivity contribution >= 4 is 11.8 Å². The molecule has 0 radical (unpaired) electrons. The van der Waals surface area contributed by atoms with E-state index in [2.05, 4.69) is 11.9 Å². The Hall–Kier alpha value is -1.36. The standard InChI is InChI=1S/C14H25N3O2/c1-4-5-15-11-14(19)17-8-6-16(7-9-17)13(18)10-12(2)3/h4,12,15H,1,5-11H2,2-3H3. The molecule has 0 unspecified atom stereocenters. The normalized spacial score (nSPS) is 15.7. The molecular weight excluding hydrogens is 242 g/mol. The maximum Gasteiger partial charge on any atom is 0.236 e. The van der Waals surface area contributed by atoms with Gasteiger partial charge in [-0.3, -0.25) is 9.59 Å². The first-order chi connectivity index (χ1) is 9.04. The van der Waals surface area contributed by atoms with Crippen molar-refractivity contribution < 1.29 is 9.59 Å². The van der Waals surface area contributed by atoms with Crippen molar-refractivity contribution in [1.29, 1.82) is 0 Å². The predicted molar refractivity (Wildman–Crippen MR) is 75.7 cm³/mol. The lowest BCUT2D eigenvalue weighted by Crippen LogP contribution is -2.52. The van der Waals surface area contributed by atoms with Gasteiger partial charge in [-0.25, -0.2) is 0 Å². The third-order valence-corrected chi connectivity index (χ3v) is 3.13. The molecule has 5 heteroatoms. The smallest absolute Gasteiger partial charge is 0.236 e. The second-order valence-electron chi connectivity index (χ2n) is 5.28. The van der Waals surface area contributed by atoms with Crippen LogP contribution in [0.2, 0.25) is 0 Å². The molecule has 0 aromatic rings. The second kappa shape index (κ2) is 7.94. The molecule has 0 aliphatic carbocycles. The van der Waals surface area contributed by atoms with Crippen LogP contribution in [-0.2, 0) is 9.59 Å². The van der Waals surface area contributed by atoms with Crippen molar-refractivity contribution in [2.45, 2.75) is 20.3 Å². The molecule has 5 nitrogen and oxygen atoms in total. The first-order valence-corrected chi connectivity index (χ1v) is 6.91. The zero-order chi connectivity index (χ0) is 14.3. The molecule has 0 spiro atoms. The summed E-state index contributed by atoms with van der Waals surface area (Å²) in [5.41, 5.74) is 0. The lowest BCUT2D eigenvalue weighted by molar-refractivity contribution is -0.139. The number of hydrogen-bond donors (Lipinski definition) is 1. The van der Waals surface area contributed by atoms with Crippen LogP contribution in [0.1, 0.15) is 20.3 Å². The number of amides is 2. The summed E-state index contributed by atoms with van der Waals surface area (Å²) in [6.45, 7) is 11.2. The molecule has 0 saturated carbocycles. The fraction of sp³-hybridized carbons (Fsp3) is 0.714. The molecule has 0 aromatic heterocycles. The Kier molecular flexibility index (Phi) is 6.56. The number of carbonyl (C=O) groups is 2. The number of nitrogens with one attached hydrogen (secondary N) is 1. The molecule has 1 N–H and O–H groups in total. The summed E-state index contributed by atoms with van der Waals surface area (Å²) in [7, 11) is 0. The summed E-state index contributed by atoms with van der Waals surface area (Å²) >= 11 is 0. The minimum Gasteiger partial charge on any atom is -0.339 e. The van der Waals surface area contributed by atoms with Crippen LogP contribution in [0.3, 0.4) is 0 Å². The zero-order valence-electron chi connectivity index (χ0n) is 12.0. The molecular formula is C14H25N3O2. The fourth-order valence-electron chi connectivity index (χ4n) is 2.08. The lowest BCUT2D eigenvalue weighted by Gasteiger charge is -2.35. The minimum atomic E-state index is 0.0952. The highest BCUT2D eigenvalue weighted by molar-refractivity contribution is 5.79. The summed E-state index contributed by atoms with van der Waals surface area (Å²) in [4.78, 5) is 27.4. The van der Waals surface area contributed by atoms with E-state index in [0.717, 1.165) is 0 Å². The summed E-state index contributed by atoms with van der Waals surface area (Å²) in [6, 6.07) is 0. The molecule has 1 heterocycles. The van der Waals surface area contributed by atoms with Gasteiger partial charge in [0.25, 0.3) is 0 Å². The Bertz CT molecular complexity index is 321. The fourth-order valence-corrected chi connectivity index (χ4v) is 2.08. The van der Waals surface area contributed by atoms with E-state index >= 15 is 0 Å². The molecule has 1 fully saturated rings.